The summed E-state index contributed by atoms with van der Waals surface area (Å²) in [6.07, 6.45) is 9.73. The Hall–Kier alpha value is 0.0200. The summed E-state index contributed by atoms with van der Waals surface area (Å²) in [6, 6.07) is 0. The predicted octanol–water partition coefficient (Wildman–Crippen LogP) is 2.50. The van der Waals surface area contributed by atoms with Gasteiger partial charge in [0.2, 0.25) is 0 Å². The monoisotopic (exact) mass is 172 g/mol. The molecule has 1 fully saturated rings. The van der Waals surface area contributed by atoms with Gasteiger partial charge < -0.3 is 4.79 Å². The maximum atomic E-state index is 10.6. The lowest BCUT2D eigenvalue weighted by atomic mass is 9.87. The van der Waals surface area contributed by atoms with Gasteiger partial charge in [0.1, 0.15) is 6.29 Å². The molecule has 0 spiro atoms. The number of carbonyl (C=O) groups is 1. The van der Waals surface area contributed by atoms with Crippen molar-refractivity contribution in [3.05, 3.63) is 0 Å². The van der Waals surface area contributed by atoms with Gasteiger partial charge in [-0.25, -0.2) is 0 Å². The van der Waals surface area contributed by atoms with Crippen LogP contribution in [0, 0.1) is 5.92 Å². The minimum Gasteiger partial charge on any atom is -0.302 e. The summed E-state index contributed by atoms with van der Waals surface area (Å²) in [5.41, 5.74) is 0. The summed E-state index contributed by atoms with van der Waals surface area (Å²) >= 11 is 1.71. The summed E-state index contributed by atoms with van der Waals surface area (Å²) in [4.78, 5) is 10.6. The van der Waals surface area contributed by atoms with E-state index in [2.05, 4.69) is 0 Å². The summed E-state index contributed by atoms with van der Waals surface area (Å²) in [7, 11) is 0. The van der Waals surface area contributed by atoms with Crippen LogP contribution in [-0.4, -0.2) is 17.8 Å². The lowest BCUT2D eigenvalue weighted by Gasteiger charge is -2.25. The van der Waals surface area contributed by atoms with Crippen LogP contribution in [0.15, 0.2) is 0 Å². The van der Waals surface area contributed by atoms with Gasteiger partial charge in [-0.2, -0.15) is 11.8 Å². The molecule has 0 heterocycles. The van der Waals surface area contributed by atoms with E-state index in [0.29, 0.717) is 5.92 Å². The highest BCUT2D eigenvalue weighted by Crippen LogP contribution is 2.30. The van der Waals surface area contributed by atoms with Crippen molar-refractivity contribution in [1.82, 2.24) is 0 Å². The number of hydrogen-bond acceptors (Lipinski definition) is 2. The Bertz CT molecular complexity index is 119. The second kappa shape index (κ2) is 4.81. The topological polar surface area (TPSA) is 17.1 Å². The fourth-order valence-electron chi connectivity index (χ4n) is 1.82. The largest absolute Gasteiger partial charge is 0.302 e. The average molecular weight is 172 g/mol. The first kappa shape index (κ1) is 9.11. The van der Waals surface area contributed by atoms with Crippen molar-refractivity contribution in [3.63, 3.8) is 0 Å². The van der Waals surface area contributed by atoms with Gasteiger partial charge in [-0.1, -0.05) is 19.3 Å². The fourth-order valence-corrected chi connectivity index (χ4v) is 2.59. The summed E-state index contributed by atoms with van der Waals surface area (Å²) in [5, 5.41) is 0.273. The molecular weight excluding hydrogens is 156 g/mol. The molecule has 1 nitrogen and oxygen atoms in total. The third-order valence-corrected chi connectivity index (χ3v) is 3.56. The molecule has 1 saturated carbocycles. The van der Waals surface area contributed by atoms with Gasteiger partial charge in [0.25, 0.3) is 0 Å². The van der Waals surface area contributed by atoms with E-state index in [4.69, 9.17) is 0 Å². The fraction of sp³-hybridized carbons (Fsp3) is 0.889. The van der Waals surface area contributed by atoms with Crippen LogP contribution in [0.3, 0.4) is 0 Å². The van der Waals surface area contributed by atoms with Crippen molar-refractivity contribution in [2.75, 3.05) is 6.26 Å². The summed E-state index contributed by atoms with van der Waals surface area (Å²) < 4.78 is 0. The molecule has 0 aromatic heterocycles. The smallest absolute Gasteiger partial charge is 0.133 e. The third kappa shape index (κ3) is 2.51. The van der Waals surface area contributed by atoms with Gasteiger partial charge in [-0.3, -0.25) is 0 Å². The molecule has 1 atom stereocenters. The molecule has 0 N–H and O–H groups in total. The first-order valence-corrected chi connectivity index (χ1v) is 5.65. The Balaban J connectivity index is 2.35. The van der Waals surface area contributed by atoms with E-state index in [0.717, 1.165) is 6.29 Å². The van der Waals surface area contributed by atoms with E-state index in [1.807, 2.05) is 6.26 Å². The van der Waals surface area contributed by atoms with Crippen LogP contribution in [0.25, 0.3) is 0 Å². The minimum absolute atomic E-state index is 0.273. The van der Waals surface area contributed by atoms with E-state index >= 15 is 0 Å². The van der Waals surface area contributed by atoms with Crippen LogP contribution >= 0.6 is 11.8 Å². The van der Waals surface area contributed by atoms with E-state index in [9.17, 15) is 4.79 Å². The Morgan fingerprint density at radius 3 is 2.45 bits per heavy atom. The van der Waals surface area contributed by atoms with Gasteiger partial charge in [-0.15, -0.1) is 0 Å². The van der Waals surface area contributed by atoms with E-state index < -0.39 is 0 Å². The highest BCUT2D eigenvalue weighted by molar-refractivity contribution is 7.99. The van der Waals surface area contributed by atoms with Crippen molar-refractivity contribution >= 4 is 18.0 Å². The van der Waals surface area contributed by atoms with Crippen LogP contribution in [-0.2, 0) is 4.79 Å². The highest BCUT2D eigenvalue weighted by Gasteiger charge is 2.21. The van der Waals surface area contributed by atoms with E-state index in [-0.39, 0.29) is 5.25 Å². The summed E-state index contributed by atoms with van der Waals surface area (Å²) in [5.74, 6) is 0.677. The first-order chi connectivity index (χ1) is 5.38. The SMILES string of the molecule is CSC(C=O)C1CCCCC1. The number of hydrogen-bond donors (Lipinski definition) is 0. The maximum Gasteiger partial charge on any atom is 0.133 e. The molecule has 0 bridgehead atoms. The zero-order chi connectivity index (χ0) is 8.10. The average Bonchev–Trinajstić information content (AvgIpc) is 2.09. The Morgan fingerprint density at radius 2 is 2.00 bits per heavy atom. The third-order valence-electron chi connectivity index (χ3n) is 2.52. The van der Waals surface area contributed by atoms with Crippen LogP contribution in [0.5, 0.6) is 0 Å². The molecule has 0 aliphatic heterocycles. The van der Waals surface area contributed by atoms with Crippen molar-refractivity contribution in [2.45, 2.75) is 37.4 Å². The summed E-state index contributed by atoms with van der Waals surface area (Å²) in [6.45, 7) is 0. The number of rotatable bonds is 3. The first-order valence-electron chi connectivity index (χ1n) is 4.36. The highest BCUT2D eigenvalue weighted by atomic mass is 32.2. The van der Waals surface area contributed by atoms with Crippen LogP contribution in [0.1, 0.15) is 32.1 Å². The second-order valence-electron chi connectivity index (χ2n) is 3.23. The molecule has 0 amide bonds. The zero-order valence-corrected chi connectivity index (χ0v) is 7.90. The van der Waals surface area contributed by atoms with Crippen LogP contribution in [0.2, 0.25) is 0 Å². The number of carbonyl (C=O) groups excluding carboxylic acids is 1. The van der Waals surface area contributed by atoms with Gasteiger partial charge in [0, 0.05) is 0 Å². The minimum atomic E-state index is 0.273. The molecule has 11 heavy (non-hydrogen) atoms. The van der Waals surface area contributed by atoms with Gasteiger partial charge in [-0.05, 0) is 25.0 Å². The Morgan fingerprint density at radius 1 is 1.36 bits per heavy atom. The number of thioether (sulfide) groups is 1. The lowest BCUT2D eigenvalue weighted by Crippen LogP contribution is -2.20. The van der Waals surface area contributed by atoms with Crippen LogP contribution in [0.4, 0.5) is 0 Å². The van der Waals surface area contributed by atoms with Crippen molar-refractivity contribution in [3.8, 4) is 0 Å². The molecule has 0 aromatic carbocycles. The molecule has 0 saturated heterocycles. The lowest BCUT2D eigenvalue weighted by molar-refractivity contribution is -0.108. The molecule has 1 aliphatic carbocycles. The molecule has 0 aromatic rings. The quantitative estimate of drug-likeness (QED) is 0.608. The molecule has 1 rings (SSSR count). The zero-order valence-electron chi connectivity index (χ0n) is 7.08. The van der Waals surface area contributed by atoms with Crippen molar-refractivity contribution in [2.24, 2.45) is 5.92 Å². The van der Waals surface area contributed by atoms with Crippen LogP contribution < -0.4 is 0 Å². The van der Waals surface area contributed by atoms with E-state index in [1.165, 1.54) is 32.1 Å². The second-order valence-corrected chi connectivity index (χ2v) is 4.25. The van der Waals surface area contributed by atoms with Gasteiger partial charge in [0.15, 0.2) is 0 Å². The van der Waals surface area contributed by atoms with Crippen molar-refractivity contribution < 1.29 is 4.79 Å². The molecule has 2 heteroatoms. The Labute approximate surface area is 72.9 Å². The Kier molecular flexibility index (Phi) is 3.98. The normalized spacial score (nSPS) is 23.0. The molecule has 1 unspecified atom stereocenters. The maximum absolute atomic E-state index is 10.6. The molecule has 1 aliphatic rings. The van der Waals surface area contributed by atoms with E-state index in [1.54, 1.807) is 11.8 Å². The van der Waals surface area contributed by atoms with Crippen molar-refractivity contribution in [1.29, 1.82) is 0 Å². The molecular formula is C9H16OS. The number of aldehydes is 1. The molecule has 0 radical (unpaired) electrons. The van der Waals surface area contributed by atoms with Gasteiger partial charge >= 0.3 is 0 Å². The predicted molar refractivity (Wildman–Crippen MR) is 49.9 cm³/mol. The standard InChI is InChI=1S/C9H16OS/c1-11-9(7-10)8-5-3-2-4-6-8/h7-9H,2-6H2,1H3. The molecule has 64 valence electrons. The van der Waals surface area contributed by atoms with Gasteiger partial charge in [0.05, 0.1) is 5.25 Å².